The smallest absolute Gasteiger partial charge is 0.338 e. The van der Waals surface area contributed by atoms with Gasteiger partial charge < -0.3 is 9.84 Å². The third-order valence-electron chi connectivity index (χ3n) is 2.63. The lowest BCUT2D eigenvalue weighted by Crippen LogP contribution is -2.42. The summed E-state index contributed by atoms with van der Waals surface area (Å²) in [5, 5.41) is 12.4. The van der Waals surface area contributed by atoms with Crippen LogP contribution in [0.25, 0.3) is 0 Å². The number of carbonyl (C=O) groups is 1. The molecule has 0 aromatic carbocycles. The number of aliphatic hydroxyl groups is 1. The van der Waals surface area contributed by atoms with Crippen molar-refractivity contribution in [3.8, 4) is 0 Å². The Balaban J connectivity index is 2.47. The summed E-state index contributed by atoms with van der Waals surface area (Å²) >= 11 is 0. The molecule has 4 heteroatoms. The maximum absolute atomic E-state index is 11.4. The van der Waals surface area contributed by atoms with Gasteiger partial charge in [-0.15, -0.1) is 0 Å². The lowest BCUT2D eigenvalue weighted by Gasteiger charge is -2.30. The molecule has 0 aromatic rings. The van der Waals surface area contributed by atoms with Crippen molar-refractivity contribution < 1.29 is 14.6 Å². The average molecular weight is 195 g/mol. The normalized spacial score (nSPS) is 30.3. The fourth-order valence-electron chi connectivity index (χ4n) is 1.88. The second kappa shape index (κ2) is 3.55. The first kappa shape index (κ1) is 9.43. The Hall–Kier alpha value is -1.13. The van der Waals surface area contributed by atoms with Gasteiger partial charge in [0.15, 0.2) is 0 Å². The van der Waals surface area contributed by atoms with Crippen molar-refractivity contribution in [3.63, 3.8) is 0 Å². The molecule has 76 valence electrons. The van der Waals surface area contributed by atoms with Crippen molar-refractivity contribution in [1.29, 1.82) is 0 Å². The number of hydrogen-bond acceptors (Lipinski definition) is 4. The van der Waals surface area contributed by atoms with Gasteiger partial charge in [0.05, 0.1) is 12.2 Å². The molecule has 4 nitrogen and oxygen atoms in total. The molecule has 0 spiro atoms. The van der Waals surface area contributed by atoms with Gasteiger partial charge >= 0.3 is 5.97 Å². The minimum absolute atomic E-state index is 0.385. The van der Waals surface area contributed by atoms with E-state index in [4.69, 9.17) is 4.74 Å². The van der Waals surface area contributed by atoms with Crippen molar-refractivity contribution in [2.75, 3.05) is 13.2 Å². The lowest BCUT2D eigenvalue weighted by atomic mass is 9.91. The van der Waals surface area contributed by atoms with Crippen LogP contribution in [0, 0.1) is 0 Å². The van der Waals surface area contributed by atoms with E-state index in [0.717, 1.165) is 11.1 Å². The quantitative estimate of drug-likeness (QED) is 0.538. The first-order valence-corrected chi connectivity index (χ1v) is 4.71. The molecule has 2 N–H and O–H groups in total. The van der Waals surface area contributed by atoms with Crippen molar-refractivity contribution in [3.05, 3.63) is 22.8 Å². The zero-order valence-corrected chi connectivity index (χ0v) is 8.04. The zero-order valence-electron chi connectivity index (χ0n) is 8.04. The SMILES string of the molecule is C/C=C1\CNC(O)C2=C1CCOC2=O. The van der Waals surface area contributed by atoms with Gasteiger partial charge in [-0.05, 0) is 18.1 Å². The molecule has 14 heavy (non-hydrogen) atoms. The Bertz CT molecular complexity index is 330. The molecule has 2 aliphatic rings. The Morgan fingerprint density at radius 1 is 1.64 bits per heavy atom. The van der Waals surface area contributed by atoms with Crippen molar-refractivity contribution in [2.45, 2.75) is 19.6 Å². The van der Waals surface area contributed by atoms with E-state index in [9.17, 15) is 9.90 Å². The second-order valence-electron chi connectivity index (χ2n) is 3.38. The molecule has 2 heterocycles. The number of ether oxygens (including phenoxy) is 1. The summed E-state index contributed by atoms with van der Waals surface area (Å²) in [5.74, 6) is -0.398. The lowest BCUT2D eigenvalue weighted by molar-refractivity contribution is -0.141. The monoisotopic (exact) mass is 195 g/mol. The molecule has 0 saturated carbocycles. The molecule has 0 radical (unpaired) electrons. The number of rotatable bonds is 0. The highest BCUT2D eigenvalue weighted by molar-refractivity contribution is 5.92. The Labute approximate surface area is 82.3 Å². The van der Waals surface area contributed by atoms with Gasteiger partial charge in [0.25, 0.3) is 0 Å². The predicted octanol–water partition coefficient (Wildman–Crippen LogP) is 0.0978. The first-order valence-electron chi connectivity index (χ1n) is 4.71. The van der Waals surface area contributed by atoms with E-state index in [1.54, 1.807) is 0 Å². The highest BCUT2D eigenvalue weighted by atomic mass is 16.5. The molecule has 0 fully saturated rings. The van der Waals surface area contributed by atoms with Gasteiger partial charge in [-0.25, -0.2) is 4.79 Å². The third kappa shape index (κ3) is 1.36. The molecule has 0 aliphatic carbocycles. The number of hydrogen-bond donors (Lipinski definition) is 2. The highest BCUT2D eigenvalue weighted by Gasteiger charge is 2.32. The summed E-state index contributed by atoms with van der Waals surface area (Å²) in [6.07, 6.45) is 1.80. The summed E-state index contributed by atoms with van der Waals surface area (Å²) in [6.45, 7) is 2.96. The Morgan fingerprint density at radius 3 is 3.14 bits per heavy atom. The van der Waals surface area contributed by atoms with Crippen LogP contribution in [0.5, 0.6) is 0 Å². The number of aliphatic hydroxyl groups excluding tert-OH is 1. The van der Waals surface area contributed by atoms with Crippen molar-refractivity contribution >= 4 is 5.97 Å². The third-order valence-corrected chi connectivity index (χ3v) is 2.63. The predicted molar refractivity (Wildman–Crippen MR) is 50.4 cm³/mol. The van der Waals surface area contributed by atoms with Gasteiger partial charge in [-0.2, -0.15) is 0 Å². The molecule has 0 amide bonds. The van der Waals surface area contributed by atoms with Crippen LogP contribution in [0.4, 0.5) is 0 Å². The first-order chi connectivity index (χ1) is 6.74. The molecule has 2 rings (SSSR count). The van der Waals surface area contributed by atoms with Crippen LogP contribution >= 0.6 is 0 Å². The van der Waals surface area contributed by atoms with E-state index in [2.05, 4.69) is 5.32 Å². The summed E-state index contributed by atoms with van der Waals surface area (Å²) in [7, 11) is 0. The minimum atomic E-state index is -0.874. The van der Waals surface area contributed by atoms with Crippen LogP contribution in [-0.2, 0) is 9.53 Å². The second-order valence-corrected chi connectivity index (χ2v) is 3.38. The molecular weight excluding hydrogens is 182 g/mol. The number of esters is 1. The van der Waals surface area contributed by atoms with E-state index >= 15 is 0 Å². The zero-order chi connectivity index (χ0) is 10.1. The fraction of sp³-hybridized carbons (Fsp3) is 0.500. The van der Waals surface area contributed by atoms with Crippen LogP contribution in [0.1, 0.15) is 13.3 Å². The average Bonchev–Trinajstić information content (AvgIpc) is 2.18. The Kier molecular flexibility index (Phi) is 2.39. The molecule has 0 saturated heterocycles. The summed E-state index contributed by atoms with van der Waals surface area (Å²) < 4.78 is 4.89. The van der Waals surface area contributed by atoms with Crippen LogP contribution in [0.2, 0.25) is 0 Å². The maximum Gasteiger partial charge on any atom is 0.338 e. The molecule has 0 bridgehead atoms. The molecule has 1 atom stereocenters. The van der Waals surface area contributed by atoms with E-state index in [1.807, 2.05) is 13.0 Å². The van der Waals surface area contributed by atoms with E-state index < -0.39 is 12.2 Å². The van der Waals surface area contributed by atoms with E-state index in [-0.39, 0.29) is 0 Å². The summed E-state index contributed by atoms with van der Waals surface area (Å²) in [5.41, 5.74) is 2.42. The fourth-order valence-corrected chi connectivity index (χ4v) is 1.88. The summed E-state index contributed by atoms with van der Waals surface area (Å²) in [6, 6.07) is 0. The van der Waals surface area contributed by atoms with Gasteiger partial charge in [-0.1, -0.05) is 6.08 Å². The number of cyclic esters (lactones) is 1. The van der Waals surface area contributed by atoms with Crippen LogP contribution in [-0.4, -0.2) is 30.5 Å². The molecule has 1 unspecified atom stereocenters. The maximum atomic E-state index is 11.4. The van der Waals surface area contributed by atoms with Crippen molar-refractivity contribution in [2.24, 2.45) is 0 Å². The van der Waals surface area contributed by atoms with Gasteiger partial charge in [0, 0.05) is 13.0 Å². The van der Waals surface area contributed by atoms with E-state index in [0.29, 0.717) is 25.1 Å². The topological polar surface area (TPSA) is 58.6 Å². The number of nitrogens with one attached hydrogen (secondary N) is 1. The van der Waals surface area contributed by atoms with Crippen LogP contribution < -0.4 is 5.32 Å². The van der Waals surface area contributed by atoms with Gasteiger partial charge in [0.1, 0.15) is 6.23 Å². The largest absolute Gasteiger partial charge is 0.462 e. The van der Waals surface area contributed by atoms with Gasteiger partial charge in [0.2, 0.25) is 0 Å². The summed E-state index contributed by atoms with van der Waals surface area (Å²) in [4.78, 5) is 11.4. The molecular formula is C10H13NO3. The standard InChI is InChI=1S/C10H13NO3/c1-2-6-5-11-9(12)8-7(6)3-4-14-10(8)13/h2,9,11-12H,3-5H2,1H3/b6-2+. The van der Waals surface area contributed by atoms with Gasteiger partial charge in [-0.3, -0.25) is 5.32 Å². The highest BCUT2D eigenvalue weighted by Crippen LogP contribution is 2.28. The van der Waals surface area contributed by atoms with E-state index in [1.165, 1.54) is 0 Å². The Morgan fingerprint density at radius 2 is 2.43 bits per heavy atom. The van der Waals surface area contributed by atoms with Crippen LogP contribution in [0.3, 0.4) is 0 Å². The molecule has 0 aromatic heterocycles. The number of allylic oxidation sites excluding steroid dienone is 1. The minimum Gasteiger partial charge on any atom is -0.462 e. The van der Waals surface area contributed by atoms with Crippen molar-refractivity contribution in [1.82, 2.24) is 5.32 Å². The molecule has 2 aliphatic heterocycles. The van der Waals surface area contributed by atoms with Crippen LogP contribution in [0.15, 0.2) is 22.8 Å². The number of carbonyl (C=O) groups excluding carboxylic acids is 1.